The van der Waals surface area contributed by atoms with Gasteiger partial charge in [-0.2, -0.15) is 0 Å². The van der Waals surface area contributed by atoms with Crippen LogP contribution < -0.4 is 5.32 Å². The number of aliphatic hydroxyl groups excluding tert-OH is 1. The molecule has 0 unspecified atom stereocenters. The van der Waals surface area contributed by atoms with E-state index in [0.717, 1.165) is 22.5 Å². The van der Waals surface area contributed by atoms with E-state index in [0.29, 0.717) is 5.92 Å². The number of rotatable bonds is 8. The van der Waals surface area contributed by atoms with Crippen molar-refractivity contribution in [3.05, 3.63) is 48.2 Å². The van der Waals surface area contributed by atoms with Crippen LogP contribution >= 0.6 is 0 Å². The number of hydrogen-bond acceptors (Lipinski definition) is 2. The van der Waals surface area contributed by atoms with Crippen molar-refractivity contribution in [2.75, 3.05) is 5.32 Å². The molecule has 0 aliphatic heterocycles. The number of allylic oxidation sites excluding steroid dienone is 1. The van der Waals surface area contributed by atoms with Crippen LogP contribution in [0, 0.1) is 12.8 Å². The van der Waals surface area contributed by atoms with Gasteiger partial charge in [-0.25, -0.2) is 0 Å². The second-order valence-corrected chi connectivity index (χ2v) is 5.40. The summed E-state index contributed by atoms with van der Waals surface area (Å²) in [6.45, 7) is 14.2. The van der Waals surface area contributed by atoms with Crippen molar-refractivity contribution >= 4 is 11.4 Å². The molecule has 0 heterocycles. The lowest BCUT2D eigenvalue weighted by Gasteiger charge is -2.21. The van der Waals surface area contributed by atoms with Crippen molar-refractivity contribution in [1.82, 2.24) is 0 Å². The number of aryl methyl sites for hydroxylation is 1. The van der Waals surface area contributed by atoms with Crippen molar-refractivity contribution in [3.8, 4) is 0 Å². The Bertz CT molecular complexity index is 470. The van der Waals surface area contributed by atoms with Crippen LogP contribution in [0.2, 0.25) is 0 Å². The van der Waals surface area contributed by atoms with Crippen LogP contribution in [0.3, 0.4) is 0 Å². The van der Waals surface area contributed by atoms with E-state index >= 15 is 0 Å². The van der Waals surface area contributed by atoms with Crippen LogP contribution in [-0.2, 0) is 0 Å². The van der Waals surface area contributed by atoms with E-state index in [1.165, 1.54) is 25.7 Å². The molecule has 1 aromatic carbocycles. The van der Waals surface area contributed by atoms with Gasteiger partial charge in [0, 0.05) is 16.9 Å². The third-order valence-electron chi connectivity index (χ3n) is 3.62. The van der Waals surface area contributed by atoms with E-state index in [4.69, 9.17) is 0 Å². The van der Waals surface area contributed by atoms with Gasteiger partial charge in [0.05, 0.1) is 0 Å². The van der Waals surface area contributed by atoms with Crippen molar-refractivity contribution in [3.63, 3.8) is 0 Å². The molecule has 0 fully saturated rings. The molecular formula is C18H27NO. The van der Waals surface area contributed by atoms with Crippen LogP contribution in [0.25, 0.3) is 5.76 Å². The molecule has 0 spiro atoms. The molecule has 0 amide bonds. The highest BCUT2D eigenvalue weighted by molar-refractivity contribution is 5.63. The van der Waals surface area contributed by atoms with Gasteiger partial charge >= 0.3 is 0 Å². The fraction of sp³-hybridized carbons (Fsp3) is 0.444. The Morgan fingerprint density at radius 1 is 1.20 bits per heavy atom. The molecule has 0 atom stereocenters. The Kier molecular flexibility index (Phi) is 6.37. The molecule has 0 radical (unpaired) electrons. The van der Waals surface area contributed by atoms with Crippen molar-refractivity contribution < 1.29 is 5.11 Å². The number of hydrogen-bond donors (Lipinski definition) is 2. The van der Waals surface area contributed by atoms with Gasteiger partial charge in [0.2, 0.25) is 0 Å². The van der Waals surface area contributed by atoms with Gasteiger partial charge in [-0.1, -0.05) is 39.8 Å². The normalized spacial score (nSPS) is 10.6. The zero-order chi connectivity index (χ0) is 15.1. The summed E-state index contributed by atoms with van der Waals surface area (Å²) >= 11 is 0. The second-order valence-electron chi connectivity index (χ2n) is 5.40. The van der Waals surface area contributed by atoms with Gasteiger partial charge in [-0.05, 0) is 49.4 Å². The SMILES string of the molecule is C=C(O)c1ccc(NC(=C)C(CCC)CCC)c(C)c1. The molecule has 0 aliphatic carbocycles. The summed E-state index contributed by atoms with van der Waals surface area (Å²) in [5.41, 5.74) is 3.99. The minimum absolute atomic E-state index is 0.105. The molecule has 0 bridgehead atoms. The lowest BCUT2D eigenvalue weighted by Crippen LogP contribution is -2.11. The van der Waals surface area contributed by atoms with Crippen molar-refractivity contribution in [1.29, 1.82) is 0 Å². The number of anilines is 1. The minimum Gasteiger partial charge on any atom is -0.508 e. The smallest absolute Gasteiger partial charge is 0.115 e. The van der Waals surface area contributed by atoms with Crippen LogP contribution in [0.4, 0.5) is 5.69 Å². The summed E-state index contributed by atoms with van der Waals surface area (Å²) < 4.78 is 0. The van der Waals surface area contributed by atoms with E-state index in [9.17, 15) is 5.11 Å². The molecular weight excluding hydrogens is 246 g/mol. The topological polar surface area (TPSA) is 32.3 Å². The molecule has 2 N–H and O–H groups in total. The fourth-order valence-electron chi connectivity index (χ4n) is 2.45. The summed E-state index contributed by atoms with van der Waals surface area (Å²) in [6.07, 6.45) is 4.69. The Hall–Kier alpha value is -1.70. The summed E-state index contributed by atoms with van der Waals surface area (Å²) in [4.78, 5) is 0. The molecule has 2 nitrogen and oxygen atoms in total. The monoisotopic (exact) mass is 273 g/mol. The standard InChI is InChI=1S/C18H27NO/c1-6-8-16(9-7-2)14(4)19-18-11-10-17(15(5)20)12-13(18)3/h10-12,16,19-20H,4-9H2,1-3H3. The number of aliphatic hydroxyl groups is 1. The Labute approximate surface area is 123 Å². The lowest BCUT2D eigenvalue weighted by atomic mass is 9.95. The van der Waals surface area contributed by atoms with E-state index in [2.05, 4.69) is 32.3 Å². The van der Waals surface area contributed by atoms with Crippen LogP contribution in [-0.4, -0.2) is 5.11 Å². The van der Waals surface area contributed by atoms with E-state index in [1.54, 1.807) is 0 Å². The fourth-order valence-corrected chi connectivity index (χ4v) is 2.45. The maximum Gasteiger partial charge on any atom is 0.115 e. The molecule has 1 aromatic rings. The molecule has 110 valence electrons. The predicted molar refractivity (Wildman–Crippen MR) is 88.9 cm³/mol. The number of nitrogens with one attached hydrogen (secondary N) is 1. The zero-order valence-electron chi connectivity index (χ0n) is 13.0. The van der Waals surface area contributed by atoms with Crippen LogP contribution in [0.15, 0.2) is 37.1 Å². The summed E-state index contributed by atoms with van der Waals surface area (Å²) in [5, 5.41) is 12.9. The molecule has 20 heavy (non-hydrogen) atoms. The zero-order valence-corrected chi connectivity index (χ0v) is 13.0. The third-order valence-corrected chi connectivity index (χ3v) is 3.62. The van der Waals surface area contributed by atoms with E-state index in [-0.39, 0.29) is 5.76 Å². The molecule has 0 aromatic heterocycles. The highest BCUT2D eigenvalue weighted by Gasteiger charge is 2.12. The Morgan fingerprint density at radius 3 is 2.25 bits per heavy atom. The maximum absolute atomic E-state index is 9.42. The van der Waals surface area contributed by atoms with E-state index < -0.39 is 0 Å². The molecule has 0 saturated carbocycles. The van der Waals surface area contributed by atoms with Gasteiger partial charge in [0.15, 0.2) is 0 Å². The van der Waals surface area contributed by atoms with Gasteiger partial charge in [0.25, 0.3) is 0 Å². The molecule has 1 rings (SSSR count). The highest BCUT2D eigenvalue weighted by atomic mass is 16.3. The third kappa shape index (κ3) is 4.44. The average molecular weight is 273 g/mol. The first-order chi connectivity index (χ1) is 9.49. The van der Waals surface area contributed by atoms with Crippen LogP contribution in [0.1, 0.15) is 50.7 Å². The quantitative estimate of drug-likeness (QED) is 0.598. The minimum atomic E-state index is 0.105. The van der Waals surface area contributed by atoms with Gasteiger partial charge in [-0.15, -0.1) is 0 Å². The molecule has 2 heteroatoms. The lowest BCUT2D eigenvalue weighted by molar-refractivity contribution is 0.507. The average Bonchev–Trinajstić information content (AvgIpc) is 2.40. The maximum atomic E-state index is 9.42. The van der Waals surface area contributed by atoms with Crippen LogP contribution in [0.5, 0.6) is 0 Å². The number of benzene rings is 1. The largest absolute Gasteiger partial charge is 0.508 e. The highest BCUT2D eigenvalue weighted by Crippen LogP contribution is 2.26. The summed E-state index contributed by atoms with van der Waals surface area (Å²) in [5.74, 6) is 0.630. The first-order valence-corrected chi connectivity index (χ1v) is 7.44. The van der Waals surface area contributed by atoms with E-state index in [1.807, 2.05) is 25.1 Å². The van der Waals surface area contributed by atoms with Gasteiger partial charge < -0.3 is 10.4 Å². The Morgan fingerprint density at radius 2 is 1.80 bits per heavy atom. The van der Waals surface area contributed by atoms with Gasteiger partial charge in [-0.3, -0.25) is 0 Å². The predicted octanol–water partition coefficient (Wildman–Crippen LogP) is 5.67. The first kappa shape index (κ1) is 16.4. The van der Waals surface area contributed by atoms with Gasteiger partial charge in [0.1, 0.15) is 5.76 Å². The molecule has 0 aliphatic rings. The summed E-state index contributed by atoms with van der Waals surface area (Å²) in [7, 11) is 0. The van der Waals surface area contributed by atoms with Crippen molar-refractivity contribution in [2.45, 2.75) is 46.5 Å². The molecule has 0 saturated heterocycles. The second kappa shape index (κ2) is 7.78. The first-order valence-electron chi connectivity index (χ1n) is 7.44. The Balaban J connectivity index is 2.81. The van der Waals surface area contributed by atoms with Crippen molar-refractivity contribution in [2.24, 2.45) is 5.92 Å². The summed E-state index contributed by atoms with van der Waals surface area (Å²) in [6, 6.07) is 5.79.